The summed E-state index contributed by atoms with van der Waals surface area (Å²) < 4.78 is 0. The molecule has 0 radical (unpaired) electrons. The minimum Gasteiger partial charge on any atom is -0.264 e. The SMILES string of the molecule is C=CCc1cncc(-c2ccccn2)c1. The minimum atomic E-state index is 0.841. The molecule has 2 nitrogen and oxygen atoms in total. The van der Waals surface area contributed by atoms with Gasteiger partial charge >= 0.3 is 0 Å². The van der Waals surface area contributed by atoms with E-state index in [-0.39, 0.29) is 0 Å². The fourth-order valence-electron chi connectivity index (χ4n) is 1.44. The van der Waals surface area contributed by atoms with Crippen LogP contribution in [-0.4, -0.2) is 9.97 Å². The lowest BCUT2D eigenvalue weighted by Gasteiger charge is -2.01. The van der Waals surface area contributed by atoms with Crippen LogP contribution in [0.5, 0.6) is 0 Å². The molecule has 2 aromatic heterocycles. The molecule has 2 heterocycles. The molecule has 2 heteroatoms. The second kappa shape index (κ2) is 4.51. The zero-order valence-electron chi connectivity index (χ0n) is 8.43. The molecule has 0 saturated heterocycles. The first-order valence-electron chi connectivity index (χ1n) is 4.86. The van der Waals surface area contributed by atoms with Gasteiger partial charge in [-0.1, -0.05) is 12.1 Å². The number of rotatable bonds is 3. The maximum Gasteiger partial charge on any atom is 0.0717 e. The second-order valence-electron chi connectivity index (χ2n) is 3.29. The molecule has 0 atom stereocenters. The van der Waals surface area contributed by atoms with Gasteiger partial charge in [0.2, 0.25) is 0 Å². The van der Waals surface area contributed by atoms with Crippen molar-refractivity contribution in [1.29, 1.82) is 0 Å². The van der Waals surface area contributed by atoms with E-state index in [0.717, 1.165) is 23.2 Å². The van der Waals surface area contributed by atoms with E-state index in [1.54, 1.807) is 6.20 Å². The van der Waals surface area contributed by atoms with E-state index in [2.05, 4.69) is 22.6 Å². The van der Waals surface area contributed by atoms with Crippen molar-refractivity contribution in [3.63, 3.8) is 0 Å². The number of hydrogen-bond acceptors (Lipinski definition) is 2. The maximum absolute atomic E-state index is 4.28. The molecule has 0 aromatic carbocycles. The number of pyridine rings is 2. The Hall–Kier alpha value is -1.96. The van der Waals surface area contributed by atoms with Crippen LogP contribution < -0.4 is 0 Å². The van der Waals surface area contributed by atoms with Gasteiger partial charge in [0.15, 0.2) is 0 Å². The van der Waals surface area contributed by atoms with Crippen molar-refractivity contribution in [3.05, 3.63) is 61.1 Å². The van der Waals surface area contributed by atoms with Gasteiger partial charge in [-0.3, -0.25) is 9.97 Å². The number of nitrogens with zero attached hydrogens (tertiary/aromatic N) is 2. The van der Waals surface area contributed by atoms with Crippen LogP contribution in [-0.2, 0) is 6.42 Å². The molecule has 0 aliphatic heterocycles. The first kappa shape index (κ1) is 9.59. The lowest BCUT2D eigenvalue weighted by Crippen LogP contribution is -1.87. The molecular formula is C13H12N2. The number of hydrogen-bond donors (Lipinski definition) is 0. The van der Waals surface area contributed by atoms with Gasteiger partial charge in [0.05, 0.1) is 5.69 Å². The zero-order chi connectivity index (χ0) is 10.5. The van der Waals surface area contributed by atoms with Crippen LogP contribution in [0, 0.1) is 0 Å². The van der Waals surface area contributed by atoms with E-state index in [9.17, 15) is 0 Å². The molecule has 0 fully saturated rings. The summed E-state index contributed by atoms with van der Waals surface area (Å²) in [5.41, 5.74) is 3.17. The van der Waals surface area contributed by atoms with Gasteiger partial charge in [0, 0.05) is 24.2 Å². The van der Waals surface area contributed by atoms with Crippen molar-refractivity contribution >= 4 is 0 Å². The fourth-order valence-corrected chi connectivity index (χ4v) is 1.44. The number of allylic oxidation sites excluding steroid dienone is 1. The molecule has 0 spiro atoms. The highest BCUT2D eigenvalue weighted by Crippen LogP contribution is 2.16. The van der Waals surface area contributed by atoms with Crippen LogP contribution in [0.2, 0.25) is 0 Å². The van der Waals surface area contributed by atoms with E-state index in [1.807, 2.05) is 36.7 Å². The highest BCUT2D eigenvalue weighted by Gasteiger charge is 1.99. The Balaban J connectivity index is 2.37. The van der Waals surface area contributed by atoms with Gasteiger partial charge in [-0.05, 0) is 30.2 Å². The maximum atomic E-state index is 4.28. The van der Waals surface area contributed by atoms with Crippen molar-refractivity contribution in [2.75, 3.05) is 0 Å². The molecule has 0 aliphatic rings. The van der Waals surface area contributed by atoms with Gasteiger partial charge < -0.3 is 0 Å². The lowest BCUT2D eigenvalue weighted by atomic mass is 10.1. The van der Waals surface area contributed by atoms with Crippen LogP contribution in [0.1, 0.15) is 5.56 Å². The molecule has 0 amide bonds. The summed E-state index contributed by atoms with van der Waals surface area (Å²) in [7, 11) is 0. The van der Waals surface area contributed by atoms with E-state index >= 15 is 0 Å². The molecule has 0 unspecified atom stereocenters. The van der Waals surface area contributed by atoms with Crippen molar-refractivity contribution in [1.82, 2.24) is 9.97 Å². The predicted molar refractivity (Wildman–Crippen MR) is 61.4 cm³/mol. The molecule has 0 saturated carbocycles. The molecule has 15 heavy (non-hydrogen) atoms. The molecule has 2 rings (SSSR count). The van der Waals surface area contributed by atoms with Crippen molar-refractivity contribution in [2.24, 2.45) is 0 Å². The highest BCUT2D eigenvalue weighted by atomic mass is 14.7. The lowest BCUT2D eigenvalue weighted by molar-refractivity contribution is 1.18. The fraction of sp³-hybridized carbons (Fsp3) is 0.0769. The molecule has 2 aromatic rings. The standard InChI is InChI=1S/C13H12N2/c1-2-5-11-8-12(10-14-9-11)13-6-3-4-7-15-13/h2-4,6-10H,1,5H2. The van der Waals surface area contributed by atoms with Gasteiger partial charge in [-0.15, -0.1) is 6.58 Å². The molecule has 74 valence electrons. The van der Waals surface area contributed by atoms with E-state index in [4.69, 9.17) is 0 Å². The van der Waals surface area contributed by atoms with Crippen molar-refractivity contribution < 1.29 is 0 Å². The molecule has 0 bridgehead atoms. The predicted octanol–water partition coefficient (Wildman–Crippen LogP) is 2.87. The van der Waals surface area contributed by atoms with Crippen LogP contribution in [0.15, 0.2) is 55.5 Å². The van der Waals surface area contributed by atoms with Gasteiger partial charge in [0.25, 0.3) is 0 Å². The van der Waals surface area contributed by atoms with E-state index in [1.165, 1.54) is 0 Å². The summed E-state index contributed by atoms with van der Waals surface area (Å²) in [6.07, 6.45) is 8.19. The summed E-state index contributed by atoms with van der Waals surface area (Å²) in [5.74, 6) is 0. The Bertz CT molecular complexity index is 449. The van der Waals surface area contributed by atoms with Crippen molar-refractivity contribution in [3.8, 4) is 11.3 Å². The largest absolute Gasteiger partial charge is 0.264 e. The van der Waals surface area contributed by atoms with Gasteiger partial charge in [-0.2, -0.15) is 0 Å². The Kier molecular flexibility index (Phi) is 2.88. The third-order valence-corrected chi connectivity index (χ3v) is 2.14. The van der Waals surface area contributed by atoms with E-state index < -0.39 is 0 Å². The van der Waals surface area contributed by atoms with Crippen LogP contribution in [0.25, 0.3) is 11.3 Å². The third-order valence-electron chi connectivity index (χ3n) is 2.14. The van der Waals surface area contributed by atoms with Crippen molar-refractivity contribution in [2.45, 2.75) is 6.42 Å². The van der Waals surface area contributed by atoms with E-state index in [0.29, 0.717) is 0 Å². The average molecular weight is 196 g/mol. The zero-order valence-corrected chi connectivity index (χ0v) is 8.43. The Labute approximate surface area is 89.3 Å². The topological polar surface area (TPSA) is 25.8 Å². The summed E-state index contributed by atoms with van der Waals surface area (Å²) in [6, 6.07) is 7.96. The smallest absolute Gasteiger partial charge is 0.0717 e. The Morgan fingerprint density at radius 1 is 1.27 bits per heavy atom. The van der Waals surface area contributed by atoms with Gasteiger partial charge in [0.1, 0.15) is 0 Å². The Morgan fingerprint density at radius 3 is 2.93 bits per heavy atom. The highest BCUT2D eigenvalue weighted by molar-refractivity contribution is 5.58. The van der Waals surface area contributed by atoms with Gasteiger partial charge in [-0.25, -0.2) is 0 Å². The molecule has 0 N–H and O–H groups in total. The third kappa shape index (κ3) is 2.29. The van der Waals surface area contributed by atoms with Crippen LogP contribution >= 0.6 is 0 Å². The molecule has 0 aliphatic carbocycles. The summed E-state index contributed by atoms with van der Waals surface area (Å²) >= 11 is 0. The minimum absolute atomic E-state index is 0.841. The van der Waals surface area contributed by atoms with Crippen LogP contribution in [0.3, 0.4) is 0 Å². The summed E-state index contributed by atoms with van der Waals surface area (Å²) in [5, 5.41) is 0. The quantitative estimate of drug-likeness (QED) is 0.705. The monoisotopic (exact) mass is 196 g/mol. The Morgan fingerprint density at radius 2 is 2.20 bits per heavy atom. The summed E-state index contributed by atoms with van der Waals surface area (Å²) in [6.45, 7) is 3.71. The number of aromatic nitrogens is 2. The summed E-state index contributed by atoms with van der Waals surface area (Å²) in [4.78, 5) is 8.48. The first-order chi connectivity index (χ1) is 7.40. The van der Waals surface area contributed by atoms with Crippen LogP contribution in [0.4, 0.5) is 0 Å². The molecular weight excluding hydrogens is 184 g/mol. The normalized spacial score (nSPS) is 9.87. The average Bonchev–Trinajstić information content (AvgIpc) is 2.31. The first-order valence-corrected chi connectivity index (χ1v) is 4.86. The second-order valence-corrected chi connectivity index (χ2v) is 3.29.